The van der Waals surface area contributed by atoms with Crippen LogP contribution in [0.3, 0.4) is 0 Å². The largest absolute Gasteiger partial charge is 0.387 e. The number of benzene rings is 1. The number of halogens is 3. The fourth-order valence-corrected chi connectivity index (χ4v) is 3.64. The van der Waals surface area contributed by atoms with E-state index in [0.29, 0.717) is 29.8 Å². The molecule has 1 aliphatic rings. The van der Waals surface area contributed by atoms with Gasteiger partial charge in [-0.3, -0.25) is 4.79 Å². The maximum Gasteiger partial charge on any atom is 0.251 e. The van der Waals surface area contributed by atoms with Gasteiger partial charge < -0.3 is 19.7 Å². The van der Waals surface area contributed by atoms with Crippen molar-refractivity contribution in [3.63, 3.8) is 0 Å². The summed E-state index contributed by atoms with van der Waals surface area (Å²) in [6.07, 6.45) is 1.39. The molecule has 0 radical (unpaired) electrons. The van der Waals surface area contributed by atoms with Gasteiger partial charge >= 0.3 is 0 Å². The average Bonchev–Trinajstić information content (AvgIpc) is 2.78. The normalized spacial score (nSPS) is 19.5. The quantitative estimate of drug-likeness (QED) is 0.584. The summed E-state index contributed by atoms with van der Waals surface area (Å²) in [5.74, 6) is -0.313. The van der Waals surface area contributed by atoms with Crippen molar-refractivity contribution >= 4 is 17.5 Å². The molecule has 4 rings (SSSR count). The molecule has 1 aromatic carbocycles. The summed E-state index contributed by atoms with van der Waals surface area (Å²) in [7, 11) is 0. The first-order chi connectivity index (χ1) is 15.4. The molecule has 0 amide bonds. The predicted octanol–water partition coefficient (Wildman–Crippen LogP) is 3.37. The second kappa shape index (κ2) is 9.72. The molecule has 0 saturated carbocycles. The topological polar surface area (TPSA) is 89.3 Å². The van der Waals surface area contributed by atoms with Crippen molar-refractivity contribution in [2.24, 2.45) is 0 Å². The molecule has 3 aromatic rings. The maximum absolute atomic E-state index is 14.0. The highest BCUT2D eigenvalue weighted by Crippen LogP contribution is 2.23. The van der Waals surface area contributed by atoms with Crippen LogP contribution in [0.2, 0.25) is 5.02 Å². The van der Waals surface area contributed by atoms with Crippen LogP contribution in [0.1, 0.15) is 18.1 Å². The highest BCUT2D eigenvalue weighted by Gasteiger charge is 2.26. The first-order valence-electron chi connectivity index (χ1n) is 10.1. The molecule has 0 unspecified atom stereocenters. The van der Waals surface area contributed by atoms with E-state index in [4.69, 9.17) is 16.3 Å². The number of ether oxygens (including phenoxy) is 1. The molecule has 10 heteroatoms. The molecule has 7 nitrogen and oxygen atoms in total. The molecule has 1 fully saturated rings. The van der Waals surface area contributed by atoms with Gasteiger partial charge in [0.2, 0.25) is 5.95 Å². The summed E-state index contributed by atoms with van der Waals surface area (Å²) < 4.78 is 33.8. The van der Waals surface area contributed by atoms with Crippen molar-refractivity contribution in [1.82, 2.24) is 14.5 Å². The van der Waals surface area contributed by atoms with Gasteiger partial charge in [0.15, 0.2) is 0 Å². The van der Waals surface area contributed by atoms with Crippen LogP contribution in [-0.2, 0) is 11.3 Å². The molecule has 1 aliphatic heterocycles. The van der Waals surface area contributed by atoms with Crippen molar-refractivity contribution in [3.05, 3.63) is 75.5 Å². The summed E-state index contributed by atoms with van der Waals surface area (Å²) in [4.78, 5) is 21.1. The van der Waals surface area contributed by atoms with Crippen molar-refractivity contribution in [1.29, 1.82) is 0 Å². The van der Waals surface area contributed by atoms with Crippen LogP contribution in [0.4, 0.5) is 14.7 Å². The van der Waals surface area contributed by atoms with E-state index in [0.717, 1.165) is 0 Å². The molecule has 1 saturated heterocycles. The van der Waals surface area contributed by atoms with E-state index in [-0.39, 0.29) is 29.7 Å². The Bertz CT molecular complexity index is 1160. The number of aliphatic hydroxyl groups is 1. The van der Waals surface area contributed by atoms with Crippen LogP contribution < -0.4 is 10.9 Å². The van der Waals surface area contributed by atoms with Gasteiger partial charge in [0.05, 0.1) is 36.0 Å². The van der Waals surface area contributed by atoms with E-state index in [1.54, 1.807) is 12.1 Å². The zero-order valence-electron chi connectivity index (χ0n) is 16.9. The van der Waals surface area contributed by atoms with E-state index in [1.165, 1.54) is 41.2 Å². The highest BCUT2D eigenvalue weighted by atomic mass is 35.5. The third-order valence-electron chi connectivity index (χ3n) is 5.25. The van der Waals surface area contributed by atoms with Gasteiger partial charge in [-0.2, -0.15) is 0 Å². The van der Waals surface area contributed by atoms with E-state index < -0.39 is 24.1 Å². The fraction of sp³-hybridized carbons (Fsp3) is 0.318. The second-order valence-electron chi connectivity index (χ2n) is 7.49. The molecule has 168 valence electrons. The third kappa shape index (κ3) is 5.12. The summed E-state index contributed by atoms with van der Waals surface area (Å²) in [6.45, 7) is 0.469. The Balaban J connectivity index is 1.49. The van der Waals surface area contributed by atoms with Crippen LogP contribution in [0.5, 0.6) is 0 Å². The first kappa shape index (κ1) is 22.3. The Morgan fingerprint density at radius 2 is 2.16 bits per heavy atom. The van der Waals surface area contributed by atoms with Gasteiger partial charge in [0, 0.05) is 30.6 Å². The smallest absolute Gasteiger partial charge is 0.251 e. The third-order valence-corrected chi connectivity index (χ3v) is 5.54. The second-order valence-corrected chi connectivity index (χ2v) is 7.90. The molecule has 3 atom stereocenters. The molecule has 0 aliphatic carbocycles. The van der Waals surface area contributed by atoms with Crippen molar-refractivity contribution in [2.75, 3.05) is 18.5 Å². The summed E-state index contributed by atoms with van der Waals surface area (Å²) in [5, 5.41) is 13.3. The maximum atomic E-state index is 14.0. The summed E-state index contributed by atoms with van der Waals surface area (Å²) in [5.41, 5.74) is 1.11. The van der Waals surface area contributed by atoms with Crippen LogP contribution in [0, 0.1) is 5.82 Å². The molecule has 0 bridgehead atoms. The minimum atomic E-state index is -1.15. The lowest BCUT2D eigenvalue weighted by Gasteiger charge is -2.26. The number of hydrogen-bond acceptors (Lipinski definition) is 6. The van der Waals surface area contributed by atoms with Gasteiger partial charge in [-0.25, -0.2) is 18.7 Å². The molecule has 2 aromatic heterocycles. The Kier molecular flexibility index (Phi) is 6.78. The zero-order chi connectivity index (χ0) is 22.7. The molecule has 2 N–H and O–H groups in total. The van der Waals surface area contributed by atoms with E-state index in [1.807, 2.05) is 0 Å². The minimum Gasteiger partial charge on any atom is -0.387 e. The Morgan fingerprint density at radius 3 is 2.91 bits per heavy atom. The first-order valence-corrected chi connectivity index (χ1v) is 10.4. The van der Waals surface area contributed by atoms with Crippen molar-refractivity contribution < 1.29 is 18.6 Å². The number of nitrogens with zero attached hydrogens (tertiary/aromatic N) is 3. The molecule has 32 heavy (non-hydrogen) atoms. The van der Waals surface area contributed by atoms with Crippen LogP contribution in [-0.4, -0.2) is 45.1 Å². The number of anilines is 1. The SMILES string of the molecule is O=c1cc(-c2ccnc(N[C@H]3CCOC[C@H]3F)n2)ccn1C[C@@H](O)c1ccc(F)c(Cl)c1. The van der Waals surface area contributed by atoms with E-state index in [2.05, 4.69) is 15.3 Å². The number of aromatic nitrogens is 3. The van der Waals surface area contributed by atoms with Crippen LogP contribution in [0.25, 0.3) is 11.3 Å². The highest BCUT2D eigenvalue weighted by molar-refractivity contribution is 6.30. The standard InChI is InChI=1S/C22H21ClF2N4O3/c23-15-9-14(1-2-16(15)24)20(30)11-29-7-4-13(10-21(29)31)18-3-6-26-22(27-18)28-19-5-8-32-12-17(19)25/h1-4,6-7,9-10,17,19-20,30H,5,8,11-12H2,(H,26,27,28)/t17-,19+,20-/m1/s1. The van der Waals surface area contributed by atoms with Crippen LogP contribution >= 0.6 is 11.6 Å². The predicted molar refractivity (Wildman–Crippen MR) is 116 cm³/mol. The average molecular weight is 463 g/mol. The molecule has 3 heterocycles. The monoisotopic (exact) mass is 462 g/mol. The summed E-state index contributed by atoms with van der Waals surface area (Å²) in [6, 6.07) is 8.20. The lowest BCUT2D eigenvalue weighted by atomic mass is 10.1. The Hall–Kier alpha value is -2.88. The lowest BCUT2D eigenvalue weighted by Crippen LogP contribution is -2.39. The van der Waals surface area contributed by atoms with Gasteiger partial charge in [-0.05, 0) is 36.2 Å². The number of alkyl halides is 1. The number of hydrogen-bond donors (Lipinski definition) is 2. The Morgan fingerprint density at radius 1 is 1.31 bits per heavy atom. The van der Waals surface area contributed by atoms with Gasteiger partial charge in [-0.1, -0.05) is 17.7 Å². The fourth-order valence-electron chi connectivity index (χ4n) is 3.45. The summed E-state index contributed by atoms with van der Waals surface area (Å²) >= 11 is 5.76. The molecular formula is C22H21ClF2N4O3. The van der Waals surface area contributed by atoms with Gasteiger partial charge in [0.25, 0.3) is 5.56 Å². The molecular weight excluding hydrogens is 442 g/mol. The van der Waals surface area contributed by atoms with Gasteiger partial charge in [-0.15, -0.1) is 0 Å². The van der Waals surface area contributed by atoms with E-state index in [9.17, 15) is 18.7 Å². The number of rotatable bonds is 6. The number of aliphatic hydroxyl groups excluding tert-OH is 1. The van der Waals surface area contributed by atoms with E-state index >= 15 is 0 Å². The van der Waals surface area contributed by atoms with Gasteiger partial charge in [0.1, 0.15) is 12.0 Å². The number of pyridine rings is 1. The lowest BCUT2D eigenvalue weighted by molar-refractivity contribution is 0.0284. The molecule has 0 spiro atoms. The minimum absolute atomic E-state index is 0.0285. The van der Waals surface area contributed by atoms with Crippen molar-refractivity contribution in [2.45, 2.75) is 31.3 Å². The van der Waals surface area contributed by atoms with Crippen LogP contribution in [0.15, 0.2) is 53.6 Å². The number of nitrogens with one attached hydrogen (secondary N) is 1. The zero-order valence-corrected chi connectivity index (χ0v) is 17.7. The van der Waals surface area contributed by atoms with Crippen molar-refractivity contribution in [3.8, 4) is 11.3 Å². The Labute approximate surface area is 187 Å².